The van der Waals surface area contributed by atoms with Gasteiger partial charge in [0.15, 0.2) is 0 Å². The molecular formula is C25H46ClN. The predicted molar refractivity (Wildman–Crippen MR) is 125 cm³/mol. The Hall–Kier alpha value is -0.530. The first-order valence-corrected chi connectivity index (χ1v) is 11.4. The summed E-state index contributed by atoms with van der Waals surface area (Å²) in [6.07, 6.45) is 21.0. The minimum atomic E-state index is -0.230. The van der Waals surface area contributed by atoms with E-state index in [1.807, 2.05) is 0 Å². The molecule has 0 spiro atoms. The zero-order chi connectivity index (χ0) is 19.1. The fourth-order valence-corrected chi connectivity index (χ4v) is 3.88. The van der Waals surface area contributed by atoms with Crippen molar-refractivity contribution in [1.29, 1.82) is 0 Å². The van der Waals surface area contributed by atoms with E-state index in [2.05, 4.69) is 45.0 Å². The van der Waals surface area contributed by atoms with Crippen LogP contribution < -0.4 is 5.73 Å². The molecule has 0 atom stereocenters. The highest BCUT2D eigenvalue weighted by Crippen LogP contribution is 2.23. The Morgan fingerprint density at radius 1 is 0.667 bits per heavy atom. The van der Waals surface area contributed by atoms with Crippen molar-refractivity contribution in [1.82, 2.24) is 0 Å². The molecule has 27 heavy (non-hydrogen) atoms. The Bertz CT molecular complexity index is 450. The molecule has 2 N–H and O–H groups in total. The van der Waals surface area contributed by atoms with Crippen LogP contribution in [0.25, 0.3) is 0 Å². The summed E-state index contributed by atoms with van der Waals surface area (Å²) in [5.41, 5.74) is 8.84. The van der Waals surface area contributed by atoms with Gasteiger partial charge in [0.1, 0.15) is 0 Å². The molecule has 158 valence electrons. The summed E-state index contributed by atoms with van der Waals surface area (Å²) >= 11 is 0. The molecule has 0 aliphatic carbocycles. The molecule has 0 unspecified atom stereocenters. The van der Waals surface area contributed by atoms with Crippen LogP contribution in [0.3, 0.4) is 0 Å². The van der Waals surface area contributed by atoms with E-state index in [0.717, 1.165) is 0 Å². The lowest BCUT2D eigenvalue weighted by Crippen LogP contribution is -2.30. The first-order chi connectivity index (χ1) is 12.6. The van der Waals surface area contributed by atoms with Gasteiger partial charge in [0.2, 0.25) is 0 Å². The number of halogens is 1. The van der Waals surface area contributed by atoms with Crippen LogP contribution in [0.1, 0.15) is 122 Å². The molecule has 0 saturated heterocycles. The minimum Gasteiger partial charge on any atom is -0.322 e. The van der Waals surface area contributed by atoms with Crippen molar-refractivity contribution >= 4 is 12.4 Å². The monoisotopic (exact) mass is 395 g/mol. The SMILES string of the molecule is CCCCCCCCCCCCCCCCc1ccccc1C(C)(C)N.Cl. The highest BCUT2D eigenvalue weighted by molar-refractivity contribution is 5.85. The summed E-state index contributed by atoms with van der Waals surface area (Å²) in [5.74, 6) is 0. The van der Waals surface area contributed by atoms with E-state index in [1.165, 1.54) is 107 Å². The van der Waals surface area contributed by atoms with Crippen molar-refractivity contribution in [3.8, 4) is 0 Å². The van der Waals surface area contributed by atoms with Gasteiger partial charge in [-0.05, 0) is 37.8 Å². The molecule has 0 radical (unpaired) electrons. The number of aryl methyl sites for hydroxylation is 1. The molecule has 0 amide bonds. The zero-order valence-corrected chi connectivity index (χ0v) is 19.2. The molecule has 0 aromatic heterocycles. The van der Waals surface area contributed by atoms with Crippen molar-refractivity contribution in [2.75, 3.05) is 0 Å². The zero-order valence-electron chi connectivity index (χ0n) is 18.4. The second-order valence-electron chi connectivity index (χ2n) is 8.73. The second-order valence-corrected chi connectivity index (χ2v) is 8.73. The van der Waals surface area contributed by atoms with Gasteiger partial charge in [-0.3, -0.25) is 0 Å². The molecule has 0 aliphatic rings. The number of hydrogen-bond acceptors (Lipinski definition) is 1. The van der Waals surface area contributed by atoms with Crippen molar-refractivity contribution < 1.29 is 0 Å². The van der Waals surface area contributed by atoms with E-state index in [-0.39, 0.29) is 17.9 Å². The van der Waals surface area contributed by atoms with E-state index in [9.17, 15) is 0 Å². The van der Waals surface area contributed by atoms with Gasteiger partial charge in [-0.2, -0.15) is 0 Å². The van der Waals surface area contributed by atoms with Crippen LogP contribution in [0.5, 0.6) is 0 Å². The molecule has 0 fully saturated rings. The topological polar surface area (TPSA) is 26.0 Å². The average molecular weight is 396 g/mol. The Labute approximate surface area is 176 Å². The smallest absolute Gasteiger partial charge is 0.0355 e. The van der Waals surface area contributed by atoms with Crippen LogP contribution in [-0.2, 0) is 12.0 Å². The summed E-state index contributed by atoms with van der Waals surface area (Å²) in [4.78, 5) is 0. The third-order valence-electron chi connectivity index (χ3n) is 5.51. The van der Waals surface area contributed by atoms with Gasteiger partial charge in [0.05, 0.1) is 0 Å². The average Bonchev–Trinajstić information content (AvgIpc) is 2.61. The standard InChI is InChI=1S/C25H45N.ClH/c1-4-5-6-7-8-9-10-11-12-13-14-15-16-17-20-23-21-18-19-22-24(23)25(2,3)26;/h18-19,21-22H,4-17,20,26H2,1-3H3;1H. The van der Waals surface area contributed by atoms with Crippen molar-refractivity contribution in [3.63, 3.8) is 0 Å². The van der Waals surface area contributed by atoms with Crippen LogP contribution in [0, 0.1) is 0 Å². The lowest BCUT2D eigenvalue weighted by molar-refractivity contribution is 0.531. The minimum absolute atomic E-state index is 0. The summed E-state index contributed by atoms with van der Waals surface area (Å²) < 4.78 is 0. The maximum atomic E-state index is 6.31. The van der Waals surface area contributed by atoms with E-state index in [0.29, 0.717) is 0 Å². The van der Waals surface area contributed by atoms with E-state index in [1.54, 1.807) is 0 Å². The molecule has 0 heterocycles. The van der Waals surface area contributed by atoms with Crippen LogP contribution in [0.2, 0.25) is 0 Å². The molecule has 1 aromatic rings. The Kier molecular flexibility index (Phi) is 16.1. The number of rotatable bonds is 16. The molecular weight excluding hydrogens is 350 g/mol. The van der Waals surface area contributed by atoms with Crippen molar-refractivity contribution in [2.45, 2.75) is 123 Å². The third kappa shape index (κ3) is 13.3. The number of benzene rings is 1. The molecule has 0 saturated carbocycles. The normalized spacial score (nSPS) is 11.4. The van der Waals surface area contributed by atoms with E-state index >= 15 is 0 Å². The van der Waals surface area contributed by atoms with Crippen LogP contribution in [-0.4, -0.2) is 0 Å². The fourth-order valence-electron chi connectivity index (χ4n) is 3.88. The molecule has 0 bridgehead atoms. The van der Waals surface area contributed by atoms with Crippen molar-refractivity contribution in [3.05, 3.63) is 35.4 Å². The Morgan fingerprint density at radius 3 is 1.52 bits per heavy atom. The van der Waals surface area contributed by atoms with E-state index < -0.39 is 0 Å². The largest absolute Gasteiger partial charge is 0.322 e. The van der Waals surface area contributed by atoms with Crippen LogP contribution in [0.4, 0.5) is 0 Å². The van der Waals surface area contributed by atoms with Gasteiger partial charge in [-0.25, -0.2) is 0 Å². The highest BCUT2D eigenvalue weighted by atomic mass is 35.5. The number of hydrogen-bond donors (Lipinski definition) is 1. The van der Waals surface area contributed by atoms with Gasteiger partial charge >= 0.3 is 0 Å². The van der Waals surface area contributed by atoms with Gasteiger partial charge in [0, 0.05) is 5.54 Å². The third-order valence-corrected chi connectivity index (χ3v) is 5.51. The van der Waals surface area contributed by atoms with Gasteiger partial charge in [-0.15, -0.1) is 12.4 Å². The maximum absolute atomic E-state index is 6.31. The Balaban J connectivity index is 0.00000676. The van der Waals surface area contributed by atoms with Crippen molar-refractivity contribution in [2.24, 2.45) is 5.73 Å². The van der Waals surface area contributed by atoms with Crippen LogP contribution in [0.15, 0.2) is 24.3 Å². The van der Waals surface area contributed by atoms with E-state index in [4.69, 9.17) is 5.73 Å². The fraction of sp³-hybridized carbons (Fsp3) is 0.760. The first kappa shape index (κ1) is 26.5. The lowest BCUT2D eigenvalue weighted by atomic mass is 9.89. The maximum Gasteiger partial charge on any atom is 0.0355 e. The van der Waals surface area contributed by atoms with Gasteiger partial charge in [0.25, 0.3) is 0 Å². The summed E-state index contributed by atoms with van der Waals surface area (Å²) in [6.45, 7) is 6.51. The number of nitrogens with two attached hydrogens (primary N) is 1. The predicted octanol–water partition coefficient (Wildman–Crippen LogP) is 8.33. The van der Waals surface area contributed by atoms with Gasteiger partial charge in [-0.1, -0.05) is 115 Å². The molecule has 1 nitrogen and oxygen atoms in total. The lowest BCUT2D eigenvalue weighted by Gasteiger charge is -2.23. The molecule has 1 rings (SSSR count). The summed E-state index contributed by atoms with van der Waals surface area (Å²) in [6, 6.07) is 8.71. The quantitative estimate of drug-likeness (QED) is 0.279. The van der Waals surface area contributed by atoms with Crippen LogP contribution >= 0.6 is 12.4 Å². The number of unbranched alkanes of at least 4 members (excludes halogenated alkanes) is 13. The highest BCUT2D eigenvalue weighted by Gasteiger charge is 2.17. The molecule has 1 aromatic carbocycles. The summed E-state index contributed by atoms with van der Waals surface area (Å²) in [7, 11) is 0. The Morgan fingerprint density at radius 2 is 1.07 bits per heavy atom. The molecule has 2 heteroatoms. The second kappa shape index (κ2) is 16.4. The molecule has 0 aliphatic heterocycles. The first-order valence-electron chi connectivity index (χ1n) is 11.4. The summed E-state index contributed by atoms with van der Waals surface area (Å²) in [5, 5.41) is 0. The van der Waals surface area contributed by atoms with Gasteiger partial charge < -0.3 is 5.73 Å².